The first-order chi connectivity index (χ1) is 9.41. The molecule has 0 bridgehead atoms. The maximum atomic E-state index is 14.1. The number of halogens is 2. The van der Waals surface area contributed by atoms with E-state index >= 15 is 0 Å². The van der Waals surface area contributed by atoms with Crippen molar-refractivity contribution < 1.29 is 17.2 Å². The van der Waals surface area contributed by atoms with Crippen LogP contribution in [0.4, 0.5) is 8.78 Å². The molecule has 112 valence electrons. The van der Waals surface area contributed by atoms with Crippen molar-refractivity contribution in [2.45, 2.75) is 31.2 Å². The molecular formula is C13H18F2N2O2S. The molecule has 1 heterocycles. The molecule has 1 aliphatic rings. The molecular weight excluding hydrogens is 286 g/mol. The maximum Gasteiger partial charge on any atom is 0.246 e. The number of hydrogen-bond donors (Lipinski definition) is 1. The number of rotatable bonds is 4. The molecule has 20 heavy (non-hydrogen) atoms. The minimum absolute atomic E-state index is 0.294. The molecule has 0 spiro atoms. The van der Waals surface area contributed by atoms with Gasteiger partial charge in [-0.15, -0.1) is 0 Å². The largest absolute Gasteiger partial charge is 0.326 e. The molecule has 0 aliphatic carbocycles. The fourth-order valence-corrected chi connectivity index (χ4v) is 4.07. The normalized spacial score (nSPS) is 20.5. The molecule has 0 amide bonds. The van der Waals surface area contributed by atoms with Crippen molar-refractivity contribution in [3.8, 4) is 0 Å². The smallest absolute Gasteiger partial charge is 0.246 e. The lowest BCUT2D eigenvalue weighted by atomic mass is 10.1. The Kier molecular flexibility index (Phi) is 4.41. The summed E-state index contributed by atoms with van der Waals surface area (Å²) in [5.74, 6) is -1.61. The summed E-state index contributed by atoms with van der Waals surface area (Å²) >= 11 is 0. The second-order valence-corrected chi connectivity index (χ2v) is 6.87. The first-order valence-electron chi connectivity index (χ1n) is 6.58. The van der Waals surface area contributed by atoms with Gasteiger partial charge in [0, 0.05) is 25.2 Å². The molecule has 2 N–H and O–H groups in total. The summed E-state index contributed by atoms with van der Waals surface area (Å²) in [4.78, 5) is -0.490. The molecule has 1 saturated heterocycles. The molecule has 0 saturated carbocycles. The van der Waals surface area contributed by atoms with Crippen LogP contribution in [0.2, 0.25) is 0 Å². The summed E-state index contributed by atoms with van der Waals surface area (Å²) in [5.41, 5.74) is 4.88. The Bertz CT molecular complexity index is 605. The van der Waals surface area contributed by atoms with Gasteiger partial charge in [0.15, 0.2) is 5.82 Å². The number of benzene rings is 1. The van der Waals surface area contributed by atoms with Crippen LogP contribution < -0.4 is 5.73 Å². The molecule has 2 rings (SSSR count). The highest BCUT2D eigenvalue weighted by atomic mass is 32.2. The van der Waals surface area contributed by atoms with Crippen molar-refractivity contribution in [3.05, 3.63) is 29.3 Å². The highest BCUT2D eigenvalue weighted by molar-refractivity contribution is 7.89. The molecule has 0 aromatic heterocycles. The van der Waals surface area contributed by atoms with Gasteiger partial charge in [-0.3, -0.25) is 0 Å². The van der Waals surface area contributed by atoms with Crippen molar-refractivity contribution in [2.24, 2.45) is 11.7 Å². The highest BCUT2D eigenvalue weighted by Crippen LogP contribution is 2.29. The monoisotopic (exact) mass is 304 g/mol. The van der Waals surface area contributed by atoms with Gasteiger partial charge in [-0.1, -0.05) is 13.3 Å². The first kappa shape index (κ1) is 15.3. The number of nitrogens with two attached hydrogens (primary N) is 1. The van der Waals surface area contributed by atoms with Gasteiger partial charge in [0.1, 0.15) is 10.7 Å². The summed E-state index contributed by atoms with van der Waals surface area (Å²) in [5, 5.41) is 0. The van der Waals surface area contributed by atoms with Crippen LogP contribution in [0.1, 0.15) is 25.3 Å². The van der Waals surface area contributed by atoms with Crippen LogP contribution in [-0.4, -0.2) is 25.8 Å². The maximum absolute atomic E-state index is 14.1. The standard InChI is InChI=1S/C13H18F2N2O2S/c1-2-9-5-6-17(8-9)20(18,19)12-4-3-11(14)10(7-16)13(12)15/h3-4,9H,2,5-8,16H2,1H3. The summed E-state index contributed by atoms with van der Waals surface area (Å²) in [6.07, 6.45) is 1.65. The Hall–Kier alpha value is -1.05. The minimum Gasteiger partial charge on any atom is -0.326 e. The molecule has 1 aliphatic heterocycles. The van der Waals surface area contributed by atoms with Crippen LogP contribution in [-0.2, 0) is 16.6 Å². The van der Waals surface area contributed by atoms with Crippen LogP contribution in [0.5, 0.6) is 0 Å². The second kappa shape index (κ2) is 5.75. The van der Waals surface area contributed by atoms with Gasteiger partial charge in [0.2, 0.25) is 10.0 Å². The molecule has 4 nitrogen and oxygen atoms in total. The third-order valence-corrected chi connectivity index (χ3v) is 5.68. The second-order valence-electron chi connectivity index (χ2n) is 4.97. The van der Waals surface area contributed by atoms with E-state index in [2.05, 4.69) is 0 Å². The Morgan fingerprint density at radius 1 is 1.40 bits per heavy atom. The molecule has 1 atom stereocenters. The van der Waals surface area contributed by atoms with E-state index in [1.165, 1.54) is 4.31 Å². The van der Waals surface area contributed by atoms with Crippen molar-refractivity contribution in [2.75, 3.05) is 13.1 Å². The van der Waals surface area contributed by atoms with Crippen molar-refractivity contribution in [3.63, 3.8) is 0 Å². The van der Waals surface area contributed by atoms with Gasteiger partial charge in [0.25, 0.3) is 0 Å². The van der Waals surface area contributed by atoms with E-state index in [0.29, 0.717) is 19.0 Å². The SMILES string of the molecule is CCC1CCN(S(=O)(=O)c2ccc(F)c(CN)c2F)C1. The van der Waals surface area contributed by atoms with E-state index in [-0.39, 0.29) is 6.54 Å². The van der Waals surface area contributed by atoms with Gasteiger partial charge >= 0.3 is 0 Å². The van der Waals surface area contributed by atoms with E-state index in [0.717, 1.165) is 25.0 Å². The summed E-state index contributed by atoms with van der Waals surface area (Å²) in [6, 6.07) is 1.92. The van der Waals surface area contributed by atoms with E-state index in [1.54, 1.807) is 0 Å². The fourth-order valence-electron chi connectivity index (χ4n) is 2.45. The molecule has 1 fully saturated rings. The zero-order valence-electron chi connectivity index (χ0n) is 11.3. The summed E-state index contributed by atoms with van der Waals surface area (Å²) < 4.78 is 53.6. The van der Waals surface area contributed by atoms with Crippen molar-refractivity contribution >= 4 is 10.0 Å². The summed E-state index contributed by atoms with van der Waals surface area (Å²) in [7, 11) is -3.93. The van der Waals surface area contributed by atoms with E-state index in [1.807, 2.05) is 6.92 Å². The van der Waals surface area contributed by atoms with Crippen LogP contribution >= 0.6 is 0 Å². The Morgan fingerprint density at radius 3 is 2.65 bits per heavy atom. The van der Waals surface area contributed by atoms with E-state index in [4.69, 9.17) is 5.73 Å². The predicted molar refractivity (Wildman–Crippen MR) is 71.4 cm³/mol. The Labute approximate surface area is 117 Å². The quantitative estimate of drug-likeness (QED) is 0.923. The lowest BCUT2D eigenvalue weighted by molar-refractivity contribution is 0.445. The third-order valence-electron chi connectivity index (χ3n) is 3.80. The topological polar surface area (TPSA) is 63.4 Å². The number of hydrogen-bond acceptors (Lipinski definition) is 3. The van der Waals surface area contributed by atoms with Crippen LogP contribution in [0.3, 0.4) is 0 Å². The average Bonchev–Trinajstić information content (AvgIpc) is 2.88. The van der Waals surface area contributed by atoms with E-state index in [9.17, 15) is 17.2 Å². The van der Waals surface area contributed by atoms with Gasteiger partial charge in [0.05, 0.1) is 0 Å². The lowest BCUT2D eigenvalue weighted by Crippen LogP contribution is -2.30. The van der Waals surface area contributed by atoms with Crippen molar-refractivity contribution in [1.82, 2.24) is 4.31 Å². The molecule has 1 unspecified atom stereocenters. The van der Waals surface area contributed by atoms with Gasteiger partial charge < -0.3 is 5.73 Å². The number of nitrogens with zero attached hydrogens (tertiary/aromatic N) is 1. The fraction of sp³-hybridized carbons (Fsp3) is 0.538. The highest BCUT2D eigenvalue weighted by Gasteiger charge is 2.34. The van der Waals surface area contributed by atoms with Gasteiger partial charge in [-0.25, -0.2) is 17.2 Å². The Balaban J connectivity index is 2.41. The zero-order chi connectivity index (χ0) is 14.9. The molecule has 1 aromatic rings. The van der Waals surface area contributed by atoms with E-state index < -0.39 is 32.1 Å². The predicted octanol–water partition coefficient (Wildman–Crippen LogP) is 1.84. The van der Waals surface area contributed by atoms with Crippen molar-refractivity contribution in [1.29, 1.82) is 0 Å². The zero-order valence-corrected chi connectivity index (χ0v) is 12.1. The molecule has 0 radical (unpaired) electrons. The van der Waals surface area contributed by atoms with Gasteiger partial charge in [-0.05, 0) is 24.5 Å². The van der Waals surface area contributed by atoms with Gasteiger partial charge in [-0.2, -0.15) is 4.31 Å². The minimum atomic E-state index is -3.93. The average molecular weight is 304 g/mol. The van der Waals surface area contributed by atoms with Crippen LogP contribution in [0, 0.1) is 17.6 Å². The Morgan fingerprint density at radius 2 is 2.10 bits per heavy atom. The molecule has 7 heteroatoms. The van der Waals surface area contributed by atoms with Crippen LogP contribution in [0.15, 0.2) is 17.0 Å². The third kappa shape index (κ3) is 2.57. The number of sulfonamides is 1. The summed E-state index contributed by atoms with van der Waals surface area (Å²) in [6.45, 7) is 2.37. The first-order valence-corrected chi connectivity index (χ1v) is 8.02. The van der Waals surface area contributed by atoms with Crippen LogP contribution in [0.25, 0.3) is 0 Å². The molecule has 1 aromatic carbocycles. The lowest BCUT2D eigenvalue weighted by Gasteiger charge is -2.18.